The maximum atomic E-state index is 12.7. The van der Waals surface area contributed by atoms with Crippen LogP contribution in [0.5, 0.6) is 0 Å². The predicted molar refractivity (Wildman–Crippen MR) is 69.1 cm³/mol. The molecule has 1 aromatic heterocycles. The highest BCUT2D eigenvalue weighted by atomic mass is 79.9. The number of aromatic nitrogens is 3. The number of aryl methyl sites for hydroxylation is 1. The average Bonchev–Trinajstić information content (AvgIpc) is 2.69. The summed E-state index contributed by atoms with van der Waals surface area (Å²) < 4.78 is 40.5. The topological polar surface area (TPSA) is 76.9 Å². The third-order valence-electron chi connectivity index (χ3n) is 2.37. The molecular weight excluding hydrogens is 339 g/mol. The van der Waals surface area contributed by atoms with E-state index in [1.165, 1.54) is 31.3 Å². The zero-order valence-corrected chi connectivity index (χ0v) is 12.2. The van der Waals surface area contributed by atoms with Crippen LogP contribution in [0.3, 0.4) is 0 Å². The minimum atomic E-state index is -3.74. The molecule has 0 aliphatic rings. The number of rotatable bonds is 4. The molecule has 6 nitrogen and oxygen atoms in total. The molecule has 1 aromatic carbocycles. The zero-order chi connectivity index (χ0) is 14.0. The lowest BCUT2D eigenvalue weighted by atomic mass is 10.2. The minimum absolute atomic E-state index is 0.0558. The van der Waals surface area contributed by atoms with E-state index in [9.17, 15) is 12.8 Å². The van der Waals surface area contributed by atoms with Crippen molar-refractivity contribution < 1.29 is 12.8 Å². The summed E-state index contributed by atoms with van der Waals surface area (Å²) >= 11 is 3.03. The molecule has 0 radical (unpaired) electrons. The molecule has 9 heteroatoms. The van der Waals surface area contributed by atoms with Crippen molar-refractivity contribution in [3.63, 3.8) is 0 Å². The monoisotopic (exact) mass is 348 g/mol. The fourth-order valence-electron chi connectivity index (χ4n) is 1.46. The van der Waals surface area contributed by atoms with Crippen LogP contribution >= 0.6 is 15.9 Å². The molecular formula is C10H10BrFN4O2S. The van der Waals surface area contributed by atoms with Gasteiger partial charge in [0, 0.05) is 13.6 Å². The van der Waals surface area contributed by atoms with Gasteiger partial charge in [0.2, 0.25) is 5.03 Å². The van der Waals surface area contributed by atoms with Gasteiger partial charge in [-0.25, -0.2) is 22.2 Å². The van der Waals surface area contributed by atoms with Crippen molar-refractivity contribution in [3.05, 3.63) is 40.2 Å². The smallest absolute Gasteiger partial charge is 0.235 e. The molecule has 2 rings (SSSR count). The van der Waals surface area contributed by atoms with Crippen molar-refractivity contribution in [2.24, 2.45) is 7.05 Å². The molecule has 2 aromatic rings. The summed E-state index contributed by atoms with van der Waals surface area (Å²) in [6.45, 7) is 0.0558. The molecule has 0 aliphatic heterocycles. The number of nitrogens with one attached hydrogen (secondary N) is 1. The fraction of sp³-hybridized carbons (Fsp3) is 0.200. The van der Waals surface area contributed by atoms with Gasteiger partial charge in [0.25, 0.3) is 10.0 Å². The maximum Gasteiger partial charge on any atom is 0.260 e. The highest BCUT2D eigenvalue weighted by Gasteiger charge is 2.23. The number of nitrogens with zero attached hydrogens (tertiary/aromatic N) is 3. The molecule has 0 aliphatic carbocycles. The first-order valence-corrected chi connectivity index (χ1v) is 7.47. The molecule has 1 heterocycles. The Bertz CT molecular complexity index is 665. The van der Waals surface area contributed by atoms with E-state index in [1.807, 2.05) is 0 Å². The van der Waals surface area contributed by atoms with Crippen molar-refractivity contribution in [2.45, 2.75) is 11.6 Å². The minimum Gasteiger partial charge on any atom is -0.235 e. The molecule has 1 N–H and O–H groups in total. The van der Waals surface area contributed by atoms with E-state index in [0.29, 0.717) is 5.56 Å². The average molecular weight is 349 g/mol. The van der Waals surface area contributed by atoms with Gasteiger partial charge in [-0.15, -0.1) is 5.10 Å². The van der Waals surface area contributed by atoms with E-state index in [2.05, 4.69) is 31.0 Å². The Morgan fingerprint density at radius 2 is 2.00 bits per heavy atom. The zero-order valence-electron chi connectivity index (χ0n) is 9.84. The van der Waals surface area contributed by atoms with Gasteiger partial charge in [-0.05, 0) is 33.6 Å². The van der Waals surface area contributed by atoms with E-state index in [1.54, 1.807) is 0 Å². The van der Waals surface area contributed by atoms with Crippen LogP contribution in [0.2, 0.25) is 0 Å². The summed E-state index contributed by atoms with van der Waals surface area (Å²) in [5.41, 5.74) is 0.649. The molecule has 0 atom stereocenters. The largest absolute Gasteiger partial charge is 0.260 e. The molecule has 0 saturated carbocycles. The number of sulfonamides is 1. The molecule has 0 spiro atoms. The second kappa shape index (κ2) is 5.35. The lowest BCUT2D eigenvalue weighted by Gasteiger charge is -2.06. The first-order chi connectivity index (χ1) is 8.90. The van der Waals surface area contributed by atoms with Crippen LogP contribution in [-0.4, -0.2) is 23.4 Å². The molecule has 0 unspecified atom stereocenters. The van der Waals surface area contributed by atoms with Crippen LogP contribution in [0.1, 0.15) is 5.56 Å². The van der Waals surface area contributed by atoms with E-state index in [4.69, 9.17) is 0 Å². The van der Waals surface area contributed by atoms with Crippen molar-refractivity contribution in [2.75, 3.05) is 0 Å². The highest BCUT2D eigenvalue weighted by molar-refractivity contribution is 9.10. The van der Waals surface area contributed by atoms with Crippen molar-refractivity contribution in [3.8, 4) is 0 Å². The van der Waals surface area contributed by atoms with Crippen LogP contribution in [0, 0.1) is 5.82 Å². The second-order valence-corrected chi connectivity index (χ2v) is 6.19. The predicted octanol–water partition coefficient (Wildman–Crippen LogP) is 1.20. The molecule has 19 heavy (non-hydrogen) atoms. The number of benzene rings is 1. The van der Waals surface area contributed by atoms with Crippen LogP contribution in [0.25, 0.3) is 0 Å². The van der Waals surface area contributed by atoms with Crippen molar-refractivity contribution in [1.29, 1.82) is 0 Å². The van der Waals surface area contributed by atoms with Crippen molar-refractivity contribution in [1.82, 2.24) is 19.7 Å². The fourth-order valence-corrected chi connectivity index (χ4v) is 3.56. The summed E-state index contributed by atoms with van der Waals surface area (Å²) in [6.07, 6.45) is 0. The van der Waals surface area contributed by atoms with Gasteiger partial charge in [0.1, 0.15) is 5.82 Å². The van der Waals surface area contributed by atoms with Crippen LogP contribution in [-0.2, 0) is 23.6 Å². The number of hydrogen-bond donors (Lipinski definition) is 1. The number of halogens is 2. The normalized spacial score (nSPS) is 11.7. The van der Waals surface area contributed by atoms with E-state index in [-0.39, 0.29) is 22.0 Å². The lowest BCUT2D eigenvalue weighted by Crippen LogP contribution is -2.25. The first kappa shape index (κ1) is 14.1. The van der Waals surface area contributed by atoms with Gasteiger partial charge >= 0.3 is 0 Å². The Balaban J connectivity index is 2.17. The van der Waals surface area contributed by atoms with Gasteiger partial charge in [0.15, 0.2) is 4.60 Å². The third-order valence-corrected chi connectivity index (χ3v) is 4.66. The van der Waals surface area contributed by atoms with Crippen molar-refractivity contribution >= 4 is 26.0 Å². The van der Waals surface area contributed by atoms with Gasteiger partial charge < -0.3 is 0 Å². The Labute approximate surface area is 117 Å². The molecule has 0 amide bonds. The lowest BCUT2D eigenvalue weighted by molar-refractivity contribution is 0.560. The maximum absolute atomic E-state index is 12.7. The van der Waals surface area contributed by atoms with Gasteiger partial charge in [-0.1, -0.05) is 17.3 Å². The summed E-state index contributed by atoms with van der Waals surface area (Å²) in [5, 5.41) is 7.15. The molecule has 102 valence electrons. The summed E-state index contributed by atoms with van der Waals surface area (Å²) in [4.78, 5) is 0. The summed E-state index contributed by atoms with van der Waals surface area (Å²) in [5.74, 6) is -0.370. The van der Waals surface area contributed by atoms with Crippen LogP contribution in [0.15, 0.2) is 33.9 Å². The second-order valence-electron chi connectivity index (χ2n) is 3.76. The van der Waals surface area contributed by atoms with Gasteiger partial charge in [-0.3, -0.25) is 0 Å². The Kier molecular flexibility index (Phi) is 3.97. The third kappa shape index (κ3) is 3.17. The summed E-state index contributed by atoms with van der Waals surface area (Å²) in [7, 11) is -2.26. The van der Waals surface area contributed by atoms with Crippen LogP contribution in [0.4, 0.5) is 4.39 Å². The van der Waals surface area contributed by atoms with E-state index < -0.39 is 10.0 Å². The van der Waals surface area contributed by atoms with Gasteiger partial charge in [-0.2, -0.15) is 0 Å². The molecule has 0 bridgehead atoms. The Morgan fingerprint density at radius 3 is 2.53 bits per heavy atom. The summed E-state index contributed by atoms with van der Waals surface area (Å²) in [6, 6.07) is 5.55. The SMILES string of the molecule is Cn1nnc(Br)c1S(=O)(=O)NCc1ccc(F)cc1. The molecule has 0 fully saturated rings. The Hall–Kier alpha value is -1.32. The standard InChI is InChI=1S/C10H10BrFN4O2S/c1-16-10(9(11)14-15-16)19(17,18)13-6-7-2-4-8(12)5-3-7/h2-5,13H,6H2,1H3. The van der Waals surface area contributed by atoms with E-state index in [0.717, 1.165) is 4.68 Å². The molecule has 0 saturated heterocycles. The number of hydrogen-bond acceptors (Lipinski definition) is 4. The van der Waals surface area contributed by atoms with Crippen LogP contribution < -0.4 is 4.72 Å². The Morgan fingerprint density at radius 1 is 1.37 bits per heavy atom. The van der Waals surface area contributed by atoms with E-state index >= 15 is 0 Å². The highest BCUT2D eigenvalue weighted by Crippen LogP contribution is 2.17. The van der Waals surface area contributed by atoms with Gasteiger partial charge in [0.05, 0.1) is 0 Å². The quantitative estimate of drug-likeness (QED) is 0.900. The first-order valence-electron chi connectivity index (χ1n) is 5.19.